The topological polar surface area (TPSA) is 80.3 Å². The molecule has 3 rings (SSSR count). The van der Waals surface area contributed by atoms with Crippen molar-refractivity contribution < 1.29 is 9.47 Å². The van der Waals surface area contributed by atoms with E-state index in [1.807, 2.05) is 13.0 Å². The minimum absolute atomic E-state index is 0.297. The van der Waals surface area contributed by atoms with Crippen LogP contribution in [0.1, 0.15) is 25.2 Å². The average Bonchev–Trinajstić information content (AvgIpc) is 3.03. The van der Waals surface area contributed by atoms with Gasteiger partial charge in [-0.1, -0.05) is 5.92 Å². The smallest absolute Gasteiger partial charge is 0.332 e. The van der Waals surface area contributed by atoms with Crippen molar-refractivity contribution in [2.75, 3.05) is 14.2 Å². The fraction of sp³-hybridized carbons (Fsp3) is 0.350. The maximum atomic E-state index is 12.7. The largest absolute Gasteiger partial charge is 0.493 e. The second kappa shape index (κ2) is 7.64. The van der Waals surface area contributed by atoms with Crippen LogP contribution >= 0.6 is 0 Å². The van der Waals surface area contributed by atoms with Crippen LogP contribution in [0.25, 0.3) is 11.2 Å². The minimum atomic E-state index is -0.361. The van der Waals surface area contributed by atoms with Gasteiger partial charge in [-0.2, -0.15) is 0 Å². The van der Waals surface area contributed by atoms with Gasteiger partial charge < -0.3 is 14.0 Å². The van der Waals surface area contributed by atoms with Crippen molar-refractivity contribution in [1.29, 1.82) is 0 Å². The molecule has 1 aromatic carbocycles. The summed E-state index contributed by atoms with van der Waals surface area (Å²) in [6.45, 7) is 4.32. The normalized spacial score (nSPS) is 10.6. The first-order chi connectivity index (χ1) is 13.5. The predicted molar refractivity (Wildman–Crippen MR) is 106 cm³/mol. The van der Waals surface area contributed by atoms with Crippen LogP contribution in [0.15, 0.2) is 27.8 Å². The van der Waals surface area contributed by atoms with Crippen LogP contribution in [-0.4, -0.2) is 32.9 Å². The first-order valence-electron chi connectivity index (χ1n) is 8.90. The lowest BCUT2D eigenvalue weighted by molar-refractivity contribution is 0.355. The number of ether oxygens (including phenoxy) is 2. The molecule has 0 radical (unpaired) electrons. The zero-order chi connectivity index (χ0) is 20.4. The molecule has 8 heteroatoms. The molecule has 8 nitrogen and oxygen atoms in total. The number of aromatic nitrogens is 4. The monoisotopic (exact) mass is 382 g/mol. The number of hydrogen-bond acceptors (Lipinski definition) is 5. The van der Waals surface area contributed by atoms with E-state index in [-0.39, 0.29) is 11.2 Å². The van der Waals surface area contributed by atoms with Crippen LogP contribution in [-0.2, 0) is 20.1 Å². The maximum absolute atomic E-state index is 12.7. The third kappa shape index (κ3) is 3.05. The SMILES string of the molecule is CCn1c(=O)c2c(nc(C#Cc3ccc(OC)c(OC)c3)n2C)n(CC)c1=O. The van der Waals surface area contributed by atoms with E-state index in [9.17, 15) is 9.59 Å². The molecule has 0 saturated carbocycles. The molecule has 0 aliphatic carbocycles. The zero-order valence-corrected chi connectivity index (χ0v) is 16.6. The molecule has 0 fully saturated rings. The Hall–Kier alpha value is -3.47. The highest BCUT2D eigenvalue weighted by Gasteiger charge is 2.18. The zero-order valence-electron chi connectivity index (χ0n) is 16.6. The highest BCUT2D eigenvalue weighted by atomic mass is 16.5. The second-order valence-electron chi connectivity index (χ2n) is 6.06. The van der Waals surface area contributed by atoms with Crippen LogP contribution in [0.5, 0.6) is 11.5 Å². The number of hydrogen-bond donors (Lipinski definition) is 0. The van der Waals surface area contributed by atoms with E-state index < -0.39 is 0 Å². The molecule has 3 aromatic rings. The first-order valence-corrected chi connectivity index (χ1v) is 8.90. The minimum Gasteiger partial charge on any atom is -0.493 e. The molecule has 146 valence electrons. The van der Waals surface area contributed by atoms with E-state index in [0.717, 1.165) is 0 Å². The Balaban J connectivity index is 2.18. The molecule has 0 aliphatic heterocycles. The molecule has 0 saturated heterocycles. The highest BCUT2D eigenvalue weighted by molar-refractivity contribution is 5.72. The lowest BCUT2D eigenvalue weighted by Crippen LogP contribution is -2.39. The average molecular weight is 382 g/mol. The summed E-state index contributed by atoms with van der Waals surface area (Å²) >= 11 is 0. The number of rotatable bonds is 4. The number of aryl methyl sites for hydroxylation is 2. The molecular weight excluding hydrogens is 360 g/mol. The molecule has 0 unspecified atom stereocenters. The van der Waals surface area contributed by atoms with Gasteiger partial charge in [-0.15, -0.1) is 0 Å². The number of benzene rings is 1. The summed E-state index contributed by atoms with van der Waals surface area (Å²) in [4.78, 5) is 29.7. The van der Waals surface area contributed by atoms with Crippen molar-refractivity contribution in [1.82, 2.24) is 18.7 Å². The van der Waals surface area contributed by atoms with Crippen LogP contribution in [0, 0.1) is 11.8 Å². The Kier molecular flexibility index (Phi) is 5.27. The van der Waals surface area contributed by atoms with Gasteiger partial charge in [-0.25, -0.2) is 9.78 Å². The number of methoxy groups -OCH3 is 2. The lowest BCUT2D eigenvalue weighted by Gasteiger charge is -2.07. The molecule has 0 spiro atoms. The number of fused-ring (bicyclic) bond motifs is 1. The Morgan fingerprint density at radius 1 is 1.00 bits per heavy atom. The van der Waals surface area contributed by atoms with E-state index in [1.165, 1.54) is 9.13 Å². The summed E-state index contributed by atoms with van der Waals surface area (Å²) in [6, 6.07) is 5.34. The van der Waals surface area contributed by atoms with Crippen LogP contribution in [0.2, 0.25) is 0 Å². The lowest BCUT2D eigenvalue weighted by atomic mass is 10.2. The summed E-state index contributed by atoms with van der Waals surface area (Å²) in [5, 5.41) is 0. The van der Waals surface area contributed by atoms with Crippen LogP contribution in [0.3, 0.4) is 0 Å². The van der Waals surface area contributed by atoms with Gasteiger partial charge in [0.05, 0.1) is 14.2 Å². The fourth-order valence-corrected chi connectivity index (χ4v) is 3.08. The van der Waals surface area contributed by atoms with Gasteiger partial charge in [-0.3, -0.25) is 13.9 Å². The van der Waals surface area contributed by atoms with Crippen molar-refractivity contribution in [2.24, 2.45) is 7.05 Å². The van der Waals surface area contributed by atoms with Crippen molar-refractivity contribution >= 4 is 11.2 Å². The summed E-state index contributed by atoms with van der Waals surface area (Å²) in [5.74, 6) is 7.60. The van der Waals surface area contributed by atoms with Gasteiger partial charge >= 0.3 is 5.69 Å². The van der Waals surface area contributed by atoms with Crippen molar-refractivity contribution in [2.45, 2.75) is 26.9 Å². The van der Waals surface area contributed by atoms with Gasteiger partial charge in [0, 0.05) is 25.7 Å². The van der Waals surface area contributed by atoms with Crippen LogP contribution in [0.4, 0.5) is 0 Å². The quantitative estimate of drug-likeness (QED) is 0.637. The Morgan fingerprint density at radius 3 is 2.29 bits per heavy atom. The molecule has 0 N–H and O–H groups in total. The Bertz CT molecular complexity index is 1220. The highest BCUT2D eigenvalue weighted by Crippen LogP contribution is 2.27. The number of nitrogens with zero attached hydrogens (tertiary/aromatic N) is 4. The van der Waals surface area contributed by atoms with Gasteiger partial charge in [0.15, 0.2) is 28.5 Å². The molecular formula is C20H22N4O4. The van der Waals surface area contributed by atoms with Gasteiger partial charge in [0.25, 0.3) is 5.56 Å². The van der Waals surface area contributed by atoms with Crippen LogP contribution < -0.4 is 20.7 Å². The summed E-state index contributed by atoms with van der Waals surface area (Å²) < 4.78 is 14.8. The molecule has 0 bridgehead atoms. The van der Waals surface area contributed by atoms with E-state index in [4.69, 9.17) is 9.47 Å². The van der Waals surface area contributed by atoms with E-state index in [1.54, 1.807) is 44.9 Å². The van der Waals surface area contributed by atoms with Crippen molar-refractivity contribution in [3.8, 4) is 23.3 Å². The molecule has 0 amide bonds. The first kappa shape index (κ1) is 19.3. The van der Waals surface area contributed by atoms with Crippen molar-refractivity contribution in [3.05, 3.63) is 50.4 Å². The third-order valence-electron chi connectivity index (χ3n) is 4.58. The van der Waals surface area contributed by atoms with Gasteiger partial charge in [-0.05, 0) is 38.0 Å². The maximum Gasteiger partial charge on any atom is 0.332 e. The fourth-order valence-electron chi connectivity index (χ4n) is 3.08. The van der Waals surface area contributed by atoms with Gasteiger partial charge in [0.2, 0.25) is 0 Å². The van der Waals surface area contributed by atoms with E-state index in [0.29, 0.717) is 47.1 Å². The molecule has 0 atom stereocenters. The summed E-state index contributed by atoms with van der Waals surface area (Å²) in [7, 11) is 4.85. The molecule has 0 aliphatic rings. The van der Waals surface area contributed by atoms with E-state index in [2.05, 4.69) is 16.8 Å². The molecule has 28 heavy (non-hydrogen) atoms. The number of imidazole rings is 1. The molecule has 2 aromatic heterocycles. The molecule has 2 heterocycles. The third-order valence-corrected chi connectivity index (χ3v) is 4.58. The predicted octanol–water partition coefficient (Wildman–Crippen LogP) is 1.35. The van der Waals surface area contributed by atoms with E-state index >= 15 is 0 Å². The standard InChI is InChI=1S/C20H22N4O4/c1-6-23-18-17(19(25)24(7-2)20(23)26)22(3)16(21-18)11-9-13-8-10-14(27-4)15(12-13)28-5/h8,10,12H,6-7H2,1-5H3. The van der Waals surface area contributed by atoms with Crippen molar-refractivity contribution in [3.63, 3.8) is 0 Å². The Labute approximate surface area is 162 Å². The second-order valence-corrected chi connectivity index (χ2v) is 6.06. The summed E-state index contributed by atoms with van der Waals surface area (Å²) in [5.41, 5.74) is 0.700. The Morgan fingerprint density at radius 2 is 1.68 bits per heavy atom. The summed E-state index contributed by atoms with van der Waals surface area (Å²) in [6.07, 6.45) is 0. The van der Waals surface area contributed by atoms with Gasteiger partial charge in [0.1, 0.15) is 0 Å².